The van der Waals surface area contributed by atoms with Gasteiger partial charge in [-0.3, -0.25) is 4.79 Å². The van der Waals surface area contributed by atoms with Crippen molar-refractivity contribution in [1.29, 1.82) is 0 Å². The Bertz CT molecular complexity index is 1090. The number of aryl methyl sites for hydroxylation is 1. The van der Waals surface area contributed by atoms with Crippen LogP contribution in [0.5, 0.6) is 5.75 Å². The second kappa shape index (κ2) is 10.5. The number of benzene rings is 1. The van der Waals surface area contributed by atoms with Crippen molar-refractivity contribution in [2.24, 2.45) is 0 Å². The van der Waals surface area contributed by atoms with Crippen LogP contribution in [-0.4, -0.2) is 45.9 Å². The maximum atomic E-state index is 12.4. The van der Waals surface area contributed by atoms with Gasteiger partial charge in [0.2, 0.25) is 5.91 Å². The lowest BCUT2D eigenvalue weighted by Gasteiger charge is -2.27. The fourth-order valence-corrected chi connectivity index (χ4v) is 4.28. The molecule has 2 aromatic heterocycles. The van der Waals surface area contributed by atoms with Crippen molar-refractivity contribution in [1.82, 2.24) is 25.1 Å². The van der Waals surface area contributed by atoms with E-state index in [1.807, 2.05) is 48.9 Å². The third kappa shape index (κ3) is 5.50. The highest BCUT2D eigenvalue weighted by Crippen LogP contribution is 2.22. The molecule has 3 heterocycles. The van der Waals surface area contributed by atoms with Crippen molar-refractivity contribution in [3.8, 4) is 11.6 Å². The molecular formula is C25H32N6O2. The molecule has 1 amide bonds. The predicted molar refractivity (Wildman–Crippen MR) is 128 cm³/mol. The largest absolute Gasteiger partial charge is 0.497 e. The highest BCUT2D eigenvalue weighted by molar-refractivity contribution is 5.76. The SMILES string of the molecule is COc1ccc(CNC(=O)CCc2c(C)nn(-c3cc(N4CCCCC4)ncn3)c2C)cc1. The summed E-state index contributed by atoms with van der Waals surface area (Å²) in [6.45, 7) is 6.59. The minimum atomic E-state index is 0.0202. The number of hydrogen-bond acceptors (Lipinski definition) is 6. The second-order valence-corrected chi connectivity index (χ2v) is 8.47. The number of nitrogens with zero attached hydrogens (tertiary/aromatic N) is 5. The molecular weight excluding hydrogens is 416 g/mol. The number of rotatable bonds is 8. The number of amides is 1. The van der Waals surface area contributed by atoms with E-state index >= 15 is 0 Å². The van der Waals surface area contributed by atoms with Gasteiger partial charge >= 0.3 is 0 Å². The molecule has 0 atom stereocenters. The third-order valence-corrected chi connectivity index (χ3v) is 6.23. The zero-order valence-electron chi connectivity index (χ0n) is 19.7. The van der Waals surface area contributed by atoms with Crippen molar-refractivity contribution in [3.63, 3.8) is 0 Å². The summed E-state index contributed by atoms with van der Waals surface area (Å²) < 4.78 is 7.04. The maximum absolute atomic E-state index is 12.4. The predicted octanol–water partition coefficient (Wildman–Crippen LogP) is 3.53. The summed E-state index contributed by atoms with van der Waals surface area (Å²) in [7, 11) is 1.64. The molecule has 3 aromatic rings. The highest BCUT2D eigenvalue weighted by Gasteiger charge is 2.17. The van der Waals surface area contributed by atoms with E-state index in [0.29, 0.717) is 19.4 Å². The summed E-state index contributed by atoms with van der Waals surface area (Å²) in [6, 6.07) is 9.71. The zero-order valence-corrected chi connectivity index (χ0v) is 19.7. The quantitative estimate of drug-likeness (QED) is 0.568. The number of anilines is 1. The average molecular weight is 449 g/mol. The molecule has 33 heavy (non-hydrogen) atoms. The van der Waals surface area contributed by atoms with Crippen molar-refractivity contribution in [3.05, 3.63) is 59.2 Å². The van der Waals surface area contributed by atoms with Gasteiger partial charge in [0, 0.05) is 37.8 Å². The number of piperidine rings is 1. The number of ether oxygens (including phenoxy) is 1. The minimum absolute atomic E-state index is 0.0202. The van der Waals surface area contributed by atoms with E-state index in [4.69, 9.17) is 9.84 Å². The Balaban J connectivity index is 1.38. The van der Waals surface area contributed by atoms with Gasteiger partial charge in [0.05, 0.1) is 12.8 Å². The van der Waals surface area contributed by atoms with Crippen LogP contribution in [0.25, 0.3) is 5.82 Å². The lowest BCUT2D eigenvalue weighted by atomic mass is 10.1. The Kier molecular flexibility index (Phi) is 7.22. The van der Waals surface area contributed by atoms with E-state index in [9.17, 15) is 4.79 Å². The molecule has 1 aliphatic rings. The molecule has 1 N–H and O–H groups in total. The van der Waals surface area contributed by atoms with E-state index in [1.165, 1.54) is 19.3 Å². The van der Waals surface area contributed by atoms with Crippen LogP contribution >= 0.6 is 0 Å². The van der Waals surface area contributed by atoms with Crippen molar-refractivity contribution in [2.45, 2.75) is 52.5 Å². The first kappa shape index (κ1) is 22.8. The Morgan fingerprint density at radius 3 is 2.52 bits per heavy atom. The Labute approximate surface area is 195 Å². The van der Waals surface area contributed by atoms with Gasteiger partial charge in [0.25, 0.3) is 0 Å². The topological polar surface area (TPSA) is 85.2 Å². The van der Waals surface area contributed by atoms with Gasteiger partial charge < -0.3 is 15.0 Å². The molecule has 1 fully saturated rings. The molecule has 4 rings (SSSR count). The Hall–Kier alpha value is -3.42. The van der Waals surface area contributed by atoms with Gasteiger partial charge in [0.15, 0.2) is 5.82 Å². The van der Waals surface area contributed by atoms with Crippen molar-refractivity contribution < 1.29 is 9.53 Å². The van der Waals surface area contributed by atoms with Crippen LogP contribution in [0.4, 0.5) is 5.82 Å². The summed E-state index contributed by atoms with van der Waals surface area (Å²) in [4.78, 5) is 23.7. The zero-order chi connectivity index (χ0) is 23.2. The van der Waals surface area contributed by atoms with Crippen molar-refractivity contribution >= 4 is 11.7 Å². The number of methoxy groups -OCH3 is 1. The summed E-state index contributed by atoms with van der Waals surface area (Å²) >= 11 is 0. The first-order valence-corrected chi connectivity index (χ1v) is 11.6. The van der Waals surface area contributed by atoms with Crippen LogP contribution in [0, 0.1) is 13.8 Å². The third-order valence-electron chi connectivity index (χ3n) is 6.23. The van der Waals surface area contributed by atoms with E-state index in [2.05, 4.69) is 20.2 Å². The van der Waals surface area contributed by atoms with Gasteiger partial charge in [-0.15, -0.1) is 0 Å². The minimum Gasteiger partial charge on any atom is -0.497 e. The molecule has 8 nitrogen and oxygen atoms in total. The molecule has 1 saturated heterocycles. The summed E-state index contributed by atoms with van der Waals surface area (Å²) in [5, 5.41) is 7.71. The fourth-order valence-electron chi connectivity index (χ4n) is 4.28. The van der Waals surface area contributed by atoms with Crippen LogP contribution in [0.15, 0.2) is 36.7 Å². The molecule has 1 aromatic carbocycles. The lowest BCUT2D eigenvalue weighted by Crippen LogP contribution is -2.30. The van der Waals surface area contributed by atoms with Crippen LogP contribution in [0.3, 0.4) is 0 Å². The number of nitrogens with one attached hydrogen (secondary N) is 1. The van der Waals surface area contributed by atoms with E-state index in [1.54, 1.807) is 13.4 Å². The monoisotopic (exact) mass is 448 g/mol. The number of carbonyl (C=O) groups excluding carboxylic acids is 1. The smallest absolute Gasteiger partial charge is 0.220 e. The molecule has 0 unspecified atom stereocenters. The van der Waals surface area contributed by atoms with Gasteiger partial charge in [-0.25, -0.2) is 14.6 Å². The van der Waals surface area contributed by atoms with Gasteiger partial charge in [-0.05, 0) is 62.8 Å². The molecule has 1 aliphatic heterocycles. The molecule has 8 heteroatoms. The molecule has 174 valence electrons. The van der Waals surface area contributed by atoms with Gasteiger partial charge in [-0.1, -0.05) is 12.1 Å². The molecule has 0 saturated carbocycles. The van der Waals surface area contributed by atoms with Gasteiger partial charge in [0.1, 0.15) is 17.9 Å². The molecule has 0 bridgehead atoms. The number of hydrogen-bond donors (Lipinski definition) is 1. The second-order valence-electron chi connectivity index (χ2n) is 8.47. The van der Waals surface area contributed by atoms with E-state index < -0.39 is 0 Å². The number of aromatic nitrogens is 4. The molecule has 0 aliphatic carbocycles. The normalized spacial score (nSPS) is 13.7. The first-order chi connectivity index (χ1) is 16.0. The molecule has 0 spiro atoms. The van der Waals surface area contributed by atoms with Crippen LogP contribution in [-0.2, 0) is 17.8 Å². The summed E-state index contributed by atoms with van der Waals surface area (Å²) in [6.07, 6.45) is 6.33. The molecule has 0 radical (unpaired) electrons. The summed E-state index contributed by atoms with van der Waals surface area (Å²) in [5.74, 6) is 2.54. The maximum Gasteiger partial charge on any atom is 0.220 e. The standard InChI is InChI=1S/C25H32N6O2/c1-18-22(11-12-25(32)26-16-20-7-9-21(33-3)10-8-20)19(2)31(29-18)24-15-23(27-17-28-24)30-13-5-4-6-14-30/h7-10,15,17H,4-6,11-14,16H2,1-3H3,(H,26,32). The van der Waals surface area contributed by atoms with E-state index in [0.717, 1.165) is 53.0 Å². The average Bonchev–Trinajstić information content (AvgIpc) is 3.15. The van der Waals surface area contributed by atoms with Crippen LogP contribution < -0.4 is 15.0 Å². The Morgan fingerprint density at radius 1 is 1.06 bits per heavy atom. The Morgan fingerprint density at radius 2 is 1.79 bits per heavy atom. The fraction of sp³-hybridized carbons (Fsp3) is 0.440. The summed E-state index contributed by atoms with van der Waals surface area (Å²) in [5.41, 5.74) is 4.07. The van der Waals surface area contributed by atoms with E-state index in [-0.39, 0.29) is 5.91 Å². The van der Waals surface area contributed by atoms with Crippen LogP contribution in [0.2, 0.25) is 0 Å². The number of carbonyl (C=O) groups is 1. The lowest BCUT2D eigenvalue weighted by molar-refractivity contribution is -0.121. The van der Waals surface area contributed by atoms with Gasteiger partial charge in [-0.2, -0.15) is 5.10 Å². The highest BCUT2D eigenvalue weighted by atomic mass is 16.5. The first-order valence-electron chi connectivity index (χ1n) is 11.6. The van der Waals surface area contributed by atoms with Crippen molar-refractivity contribution in [2.75, 3.05) is 25.1 Å². The van der Waals surface area contributed by atoms with Crippen LogP contribution in [0.1, 0.15) is 48.2 Å².